The lowest BCUT2D eigenvalue weighted by molar-refractivity contribution is -0.143. The fourth-order valence-corrected chi connectivity index (χ4v) is 11.1. The largest absolute Gasteiger partial charge is 0.371 e. The zero-order chi connectivity index (χ0) is 45.8. The first kappa shape index (κ1) is 42.6. The number of rotatable bonds is 10. The third-order valence-electron chi connectivity index (χ3n) is 14.7. The summed E-state index contributed by atoms with van der Waals surface area (Å²) in [5.41, 5.74) is 7.02. The summed E-state index contributed by atoms with van der Waals surface area (Å²) < 4.78 is 32.6. The standard InChI is InChI=1S/C54H53F2N9O2/c1-61-37-58-50(60-61)40-21-19-38(20-22-40)39-23-29-63(30-24-39)48(66)35-64-47(34-52(51(64)67)25-28-57-36-52)65-46-18-9-8-17-45(46)49(59-65)54(41-11-4-2-5-12-41,42-13-6-3-7-14-42)43-15-10-16-44(33-43)62-31-26-53(55,56)27-32-62/h2-23,33,37,47,57H,24-32,34-36H2,1H3/t47-,52?/m0/s1. The number of nitrogens with one attached hydrogen (secondary N) is 1. The molecule has 4 aliphatic heterocycles. The number of halogens is 2. The first-order valence-electron chi connectivity index (χ1n) is 23.4. The van der Waals surface area contributed by atoms with E-state index in [1.165, 1.54) is 5.57 Å². The van der Waals surface area contributed by atoms with E-state index in [1.807, 2.05) is 89.4 Å². The molecule has 1 unspecified atom stereocenters. The number of aromatic nitrogens is 5. The van der Waals surface area contributed by atoms with Crippen LogP contribution in [0.3, 0.4) is 0 Å². The lowest BCUT2D eigenvalue weighted by atomic mass is 9.66. The number of fused-ring (bicyclic) bond motifs is 1. The van der Waals surface area contributed by atoms with Gasteiger partial charge in [0.1, 0.15) is 19.0 Å². The van der Waals surface area contributed by atoms with Crippen LogP contribution >= 0.6 is 0 Å². The van der Waals surface area contributed by atoms with Gasteiger partial charge in [-0.2, -0.15) is 10.2 Å². The molecule has 67 heavy (non-hydrogen) atoms. The number of hydrogen-bond donors (Lipinski definition) is 1. The van der Waals surface area contributed by atoms with Gasteiger partial charge in [0.05, 0.1) is 22.0 Å². The number of nitrogens with zero attached hydrogens (tertiary/aromatic N) is 8. The highest BCUT2D eigenvalue weighted by Gasteiger charge is 2.55. The lowest BCUT2D eigenvalue weighted by Crippen LogP contribution is -2.46. The smallest absolute Gasteiger partial charge is 0.251 e. The van der Waals surface area contributed by atoms with Gasteiger partial charge >= 0.3 is 0 Å². The van der Waals surface area contributed by atoms with E-state index in [9.17, 15) is 18.4 Å². The molecule has 3 fully saturated rings. The molecule has 1 spiro atoms. The van der Waals surface area contributed by atoms with Gasteiger partial charge in [0.15, 0.2) is 5.82 Å². The van der Waals surface area contributed by atoms with Gasteiger partial charge in [0.25, 0.3) is 5.92 Å². The number of hydrogen-bond acceptors (Lipinski definition) is 7. The van der Waals surface area contributed by atoms with Crippen LogP contribution in [0.15, 0.2) is 146 Å². The predicted octanol–water partition coefficient (Wildman–Crippen LogP) is 8.48. The maximum absolute atomic E-state index is 14.9. The number of para-hydroxylation sites is 1. The second kappa shape index (κ2) is 17.0. The van der Waals surface area contributed by atoms with E-state index in [0.29, 0.717) is 44.7 Å². The molecule has 6 heterocycles. The molecule has 11 rings (SSSR count). The van der Waals surface area contributed by atoms with Gasteiger partial charge in [-0.1, -0.05) is 121 Å². The van der Waals surface area contributed by atoms with E-state index in [0.717, 1.165) is 56.6 Å². The van der Waals surface area contributed by atoms with Crippen LogP contribution in [0.25, 0.3) is 27.9 Å². The van der Waals surface area contributed by atoms with Crippen LogP contribution < -0.4 is 10.2 Å². The predicted molar refractivity (Wildman–Crippen MR) is 255 cm³/mol. The van der Waals surface area contributed by atoms with E-state index in [1.54, 1.807) is 15.9 Å². The number of piperidine rings is 1. The molecule has 7 aromatic rings. The zero-order valence-corrected chi connectivity index (χ0v) is 37.6. The summed E-state index contributed by atoms with van der Waals surface area (Å²) in [6.45, 7) is 2.69. The van der Waals surface area contributed by atoms with E-state index in [-0.39, 0.29) is 44.3 Å². The summed E-state index contributed by atoms with van der Waals surface area (Å²) in [5.74, 6) is -2.12. The van der Waals surface area contributed by atoms with E-state index in [4.69, 9.17) is 5.10 Å². The summed E-state index contributed by atoms with van der Waals surface area (Å²) in [7, 11) is 1.85. The fourth-order valence-electron chi connectivity index (χ4n) is 11.1. The Hall–Kier alpha value is -6.99. The molecular formula is C54H53F2N9O2. The molecule has 340 valence electrons. The fraction of sp³-hybridized carbons (Fsp3) is 0.315. The number of amides is 2. The van der Waals surface area contributed by atoms with Gasteiger partial charge < -0.3 is 20.0 Å². The van der Waals surface area contributed by atoms with E-state index >= 15 is 0 Å². The normalized spacial score (nSPS) is 20.8. The molecule has 2 amide bonds. The minimum atomic E-state index is -2.67. The molecule has 13 heteroatoms. The molecule has 11 nitrogen and oxygen atoms in total. The Kier molecular flexibility index (Phi) is 10.8. The van der Waals surface area contributed by atoms with Crippen molar-refractivity contribution in [2.75, 3.05) is 50.7 Å². The van der Waals surface area contributed by atoms with Crippen LogP contribution in [0, 0.1) is 5.41 Å². The van der Waals surface area contributed by atoms with Crippen molar-refractivity contribution < 1.29 is 18.4 Å². The summed E-state index contributed by atoms with van der Waals surface area (Å²) in [6, 6.07) is 45.4. The number of carbonyl (C=O) groups is 2. The molecule has 2 aromatic heterocycles. The Morgan fingerprint density at radius 2 is 1.48 bits per heavy atom. The third kappa shape index (κ3) is 7.59. The number of benzene rings is 5. The average Bonchev–Trinajstić information content (AvgIpc) is 4.17. The molecule has 0 radical (unpaired) electrons. The Bertz CT molecular complexity index is 2930. The van der Waals surface area contributed by atoms with Crippen LogP contribution in [0.1, 0.15) is 66.2 Å². The van der Waals surface area contributed by atoms with Crippen molar-refractivity contribution >= 4 is 34.0 Å². The van der Waals surface area contributed by atoms with Crippen LogP contribution in [0.2, 0.25) is 0 Å². The highest BCUT2D eigenvalue weighted by atomic mass is 19.3. The molecule has 0 saturated carbocycles. The lowest BCUT2D eigenvalue weighted by Gasteiger charge is -2.37. The highest BCUT2D eigenvalue weighted by Crippen LogP contribution is 2.51. The number of aryl methyl sites for hydroxylation is 1. The van der Waals surface area contributed by atoms with Gasteiger partial charge in [0, 0.05) is 75.7 Å². The maximum Gasteiger partial charge on any atom is 0.251 e. The zero-order valence-electron chi connectivity index (χ0n) is 37.6. The van der Waals surface area contributed by atoms with Crippen LogP contribution in [0.4, 0.5) is 14.5 Å². The number of alkyl halides is 2. The Morgan fingerprint density at radius 1 is 0.791 bits per heavy atom. The van der Waals surface area contributed by atoms with E-state index in [2.05, 4.69) is 87.0 Å². The van der Waals surface area contributed by atoms with Gasteiger partial charge in [-0.3, -0.25) is 14.3 Å². The monoisotopic (exact) mass is 897 g/mol. The van der Waals surface area contributed by atoms with Gasteiger partial charge in [-0.25, -0.2) is 18.4 Å². The second-order valence-corrected chi connectivity index (χ2v) is 18.6. The molecular weight excluding hydrogens is 845 g/mol. The summed E-state index contributed by atoms with van der Waals surface area (Å²) in [6.07, 6.45) is 4.76. The van der Waals surface area contributed by atoms with E-state index < -0.39 is 22.9 Å². The molecule has 0 bridgehead atoms. The first-order valence-corrected chi connectivity index (χ1v) is 23.4. The van der Waals surface area contributed by atoms with Crippen molar-refractivity contribution in [2.45, 2.75) is 49.6 Å². The van der Waals surface area contributed by atoms with Crippen molar-refractivity contribution in [1.82, 2.24) is 39.7 Å². The minimum Gasteiger partial charge on any atom is -0.371 e. The molecule has 4 aliphatic rings. The Balaban J connectivity index is 0.976. The van der Waals surface area contributed by atoms with Crippen molar-refractivity contribution in [2.24, 2.45) is 12.5 Å². The van der Waals surface area contributed by atoms with Crippen molar-refractivity contribution in [3.05, 3.63) is 174 Å². The van der Waals surface area contributed by atoms with Crippen LogP contribution in [0.5, 0.6) is 0 Å². The maximum atomic E-state index is 14.9. The Morgan fingerprint density at radius 3 is 2.13 bits per heavy atom. The average molecular weight is 898 g/mol. The summed E-state index contributed by atoms with van der Waals surface area (Å²) in [4.78, 5) is 39.5. The molecule has 1 N–H and O–H groups in total. The topological polar surface area (TPSA) is 104 Å². The van der Waals surface area contributed by atoms with Gasteiger partial charge in [-0.05, 0) is 65.4 Å². The minimum absolute atomic E-state index is 0.0232. The van der Waals surface area contributed by atoms with Crippen LogP contribution in [-0.2, 0) is 22.1 Å². The quantitative estimate of drug-likeness (QED) is 0.138. The van der Waals surface area contributed by atoms with Gasteiger partial charge in [-0.15, -0.1) is 0 Å². The molecule has 5 aromatic carbocycles. The SMILES string of the molecule is Cn1cnc(-c2ccc(C3=CCN(C(=O)CN4C(=O)C5(CCNC5)C[C@@H]4n4nc(C(c5ccccc5)(c5ccccc5)c5cccc(N6CCC(F)(F)CC6)c5)c5ccccc54)CC3)cc2)n1. The van der Waals surface area contributed by atoms with Crippen molar-refractivity contribution in [3.63, 3.8) is 0 Å². The first-order chi connectivity index (χ1) is 32.6. The molecule has 0 aliphatic carbocycles. The summed E-state index contributed by atoms with van der Waals surface area (Å²) >= 11 is 0. The Labute approximate surface area is 388 Å². The van der Waals surface area contributed by atoms with Crippen LogP contribution in [-0.4, -0.2) is 97.9 Å². The number of anilines is 1. The number of likely N-dealkylation sites (tertiary alicyclic amines) is 1. The van der Waals surface area contributed by atoms with Crippen molar-refractivity contribution in [1.29, 1.82) is 0 Å². The van der Waals surface area contributed by atoms with Gasteiger partial charge in [0.2, 0.25) is 11.8 Å². The third-order valence-corrected chi connectivity index (χ3v) is 14.7. The second-order valence-electron chi connectivity index (χ2n) is 18.6. The molecule has 2 atom stereocenters. The van der Waals surface area contributed by atoms with Crippen molar-refractivity contribution in [3.8, 4) is 11.4 Å². The summed E-state index contributed by atoms with van der Waals surface area (Å²) in [5, 5.41) is 14.5. The number of carbonyl (C=O) groups excluding carboxylic acids is 2. The molecule has 3 saturated heterocycles. The highest BCUT2D eigenvalue weighted by molar-refractivity contribution is 5.92.